The summed E-state index contributed by atoms with van der Waals surface area (Å²) in [7, 11) is -0.0641. The molecule has 0 fully saturated rings. The summed E-state index contributed by atoms with van der Waals surface area (Å²) in [6.07, 6.45) is 3.27. The number of amides is 1. The first kappa shape index (κ1) is 19.7. The van der Waals surface area contributed by atoms with Crippen LogP contribution in [0.5, 0.6) is 0 Å². The van der Waals surface area contributed by atoms with Crippen molar-refractivity contribution >= 4 is 22.6 Å². The van der Waals surface area contributed by atoms with E-state index in [9.17, 15) is 13.4 Å². The minimum Gasteiger partial charge on any atom is -0.337 e. The number of aryl methyl sites for hydroxylation is 1. The van der Waals surface area contributed by atoms with Crippen LogP contribution in [0.4, 0.5) is 10.1 Å². The number of pyridine rings is 1. The van der Waals surface area contributed by atoms with Gasteiger partial charge in [-0.25, -0.2) is 8.60 Å². The molecule has 0 saturated carbocycles. The molecule has 1 amide bonds. The number of rotatable bonds is 6. The molecule has 7 heteroatoms. The lowest BCUT2D eigenvalue weighted by molar-refractivity contribution is 0.0780. The van der Waals surface area contributed by atoms with Crippen molar-refractivity contribution in [2.45, 2.75) is 18.4 Å². The summed E-state index contributed by atoms with van der Waals surface area (Å²) in [5.74, 6) is -0.705. The van der Waals surface area contributed by atoms with Crippen molar-refractivity contribution in [3.05, 3.63) is 89.5 Å². The Kier molecular flexibility index (Phi) is 6.16. The van der Waals surface area contributed by atoms with Crippen LogP contribution in [-0.2, 0) is 17.5 Å². The first-order valence-electron chi connectivity index (χ1n) is 8.63. The Morgan fingerprint density at radius 3 is 2.61 bits per heavy atom. The van der Waals surface area contributed by atoms with E-state index < -0.39 is 11.0 Å². The lowest BCUT2D eigenvalue weighted by atomic mass is 10.1. The third-order valence-corrected chi connectivity index (χ3v) is 5.29. The highest BCUT2D eigenvalue weighted by Crippen LogP contribution is 2.19. The minimum atomic E-state index is -1.65. The van der Waals surface area contributed by atoms with Crippen LogP contribution >= 0.6 is 0 Å². The Morgan fingerprint density at radius 1 is 1.14 bits per heavy atom. The topological polar surface area (TPSA) is 62.3 Å². The van der Waals surface area contributed by atoms with E-state index in [1.54, 1.807) is 61.9 Å². The number of nitrogens with one attached hydrogen (secondary N) is 1. The molecule has 5 nitrogen and oxygen atoms in total. The molecular weight excluding hydrogens is 377 g/mol. The Morgan fingerprint density at radius 2 is 1.86 bits per heavy atom. The highest BCUT2D eigenvalue weighted by Gasteiger charge is 2.20. The largest absolute Gasteiger partial charge is 0.337 e. The number of aromatic nitrogens is 1. The second-order valence-electron chi connectivity index (χ2n) is 6.37. The summed E-state index contributed by atoms with van der Waals surface area (Å²) in [5.41, 5.74) is 2.24. The van der Waals surface area contributed by atoms with Crippen molar-refractivity contribution in [1.82, 2.24) is 9.88 Å². The number of nitrogens with zero attached hydrogens (tertiary/aromatic N) is 2. The van der Waals surface area contributed by atoms with Crippen molar-refractivity contribution in [2.24, 2.45) is 0 Å². The molecule has 0 bridgehead atoms. The maximum Gasteiger partial charge on any atom is 0.255 e. The van der Waals surface area contributed by atoms with Gasteiger partial charge < -0.3 is 4.90 Å². The van der Waals surface area contributed by atoms with Gasteiger partial charge in [0.1, 0.15) is 5.82 Å². The molecule has 3 rings (SSSR count). The van der Waals surface area contributed by atoms with Crippen LogP contribution in [0.3, 0.4) is 0 Å². The standard InChI is InChI=1S/C21H20FN3O2S/c1-15-11-17(13-23-12-15)24-28(27)20-10-6-4-8-18(20)21(26)25(2)14-16-7-3-5-9-19(16)22/h3-13,24H,14H2,1-2H3. The number of hydrogen-bond donors (Lipinski definition) is 1. The van der Waals surface area contributed by atoms with Gasteiger partial charge in [0, 0.05) is 25.4 Å². The van der Waals surface area contributed by atoms with E-state index in [1.165, 1.54) is 11.0 Å². The van der Waals surface area contributed by atoms with E-state index in [2.05, 4.69) is 9.71 Å². The number of benzene rings is 2. The molecule has 1 aromatic heterocycles. The number of anilines is 1. The molecule has 1 atom stereocenters. The fourth-order valence-corrected chi connectivity index (χ4v) is 3.73. The Hall–Kier alpha value is -3.06. The first-order valence-corrected chi connectivity index (χ1v) is 9.78. The zero-order valence-corrected chi connectivity index (χ0v) is 16.4. The van der Waals surface area contributed by atoms with Gasteiger partial charge in [-0.3, -0.25) is 14.5 Å². The van der Waals surface area contributed by atoms with Crippen molar-refractivity contribution < 1.29 is 13.4 Å². The fraction of sp³-hybridized carbons (Fsp3) is 0.143. The van der Waals surface area contributed by atoms with Gasteiger partial charge in [0.05, 0.1) is 22.3 Å². The molecule has 0 radical (unpaired) electrons. The third-order valence-electron chi connectivity index (χ3n) is 4.11. The predicted octanol–water partition coefficient (Wildman–Crippen LogP) is 3.94. The first-order chi connectivity index (χ1) is 13.5. The van der Waals surface area contributed by atoms with Gasteiger partial charge >= 0.3 is 0 Å². The van der Waals surface area contributed by atoms with Crippen LogP contribution in [0.1, 0.15) is 21.5 Å². The van der Waals surface area contributed by atoms with Gasteiger partial charge in [-0.05, 0) is 36.8 Å². The van der Waals surface area contributed by atoms with Crippen molar-refractivity contribution in [2.75, 3.05) is 11.8 Å². The van der Waals surface area contributed by atoms with E-state index in [0.717, 1.165) is 5.56 Å². The SMILES string of the molecule is Cc1cncc(NS(=O)c2ccccc2C(=O)N(C)Cc2ccccc2F)c1. The summed E-state index contributed by atoms with van der Waals surface area (Å²) in [4.78, 5) is 18.7. The summed E-state index contributed by atoms with van der Waals surface area (Å²) in [5, 5.41) is 0. The van der Waals surface area contributed by atoms with E-state index in [0.29, 0.717) is 21.7 Å². The summed E-state index contributed by atoms with van der Waals surface area (Å²) in [6.45, 7) is 2.00. The Balaban J connectivity index is 1.81. The zero-order valence-electron chi connectivity index (χ0n) is 15.6. The quantitative estimate of drug-likeness (QED) is 0.685. The molecular formula is C21H20FN3O2S. The maximum atomic E-state index is 13.9. The van der Waals surface area contributed by atoms with Crippen LogP contribution in [0.15, 0.2) is 71.9 Å². The molecule has 0 spiro atoms. The third kappa shape index (κ3) is 4.61. The van der Waals surface area contributed by atoms with Crippen LogP contribution in [0, 0.1) is 12.7 Å². The zero-order chi connectivity index (χ0) is 20.1. The van der Waals surface area contributed by atoms with E-state index in [1.807, 2.05) is 13.0 Å². The van der Waals surface area contributed by atoms with Crippen LogP contribution < -0.4 is 4.72 Å². The molecule has 3 aromatic rings. The number of halogens is 1. The number of hydrogen-bond acceptors (Lipinski definition) is 3. The Bertz CT molecular complexity index is 1030. The average Bonchev–Trinajstić information content (AvgIpc) is 2.69. The fourth-order valence-electron chi connectivity index (χ4n) is 2.74. The van der Waals surface area contributed by atoms with Crippen LogP contribution in [0.25, 0.3) is 0 Å². The predicted molar refractivity (Wildman–Crippen MR) is 108 cm³/mol. The molecule has 0 saturated heterocycles. The van der Waals surface area contributed by atoms with Gasteiger partial charge in [-0.2, -0.15) is 0 Å². The summed E-state index contributed by atoms with van der Waals surface area (Å²) in [6, 6.07) is 14.8. The molecule has 2 aromatic carbocycles. The lowest BCUT2D eigenvalue weighted by Gasteiger charge is -2.19. The molecule has 28 heavy (non-hydrogen) atoms. The molecule has 0 aliphatic carbocycles. The lowest BCUT2D eigenvalue weighted by Crippen LogP contribution is -2.28. The number of carbonyl (C=O) groups is 1. The van der Waals surface area contributed by atoms with Gasteiger partial charge in [0.25, 0.3) is 5.91 Å². The number of carbonyl (C=O) groups excluding carboxylic acids is 1. The van der Waals surface area contributed by atoms with Gasteiger partial charge in [0.2, 0.25) is 0 Å². The molecule has 1 N–H and O–H groups in total. The van der Waals surface area contributed by atoms with Gasteiger partial charge in [0.15, 0.2) is 11.0 Å². The molecule has 1 heterocycles. The van der Waals surface area contributed by atoms with Gasteiger partial charge in [-0.15, -0.1) is 0 Å². The normalized spacial score (nSPS) is 11.7. The highest BCUT2D eigenvalue weighted by molar-refractivity contribution is 7.86. The van der Waals surface area contributed by atoms with E-state index >= 15 is 0 Å². The maximum absolute atomic E-state index is 13.9. The van der Waals surface area contributed by atoms with Crippen LogP contribution in [0.2, 0.25) is 0 Å². The van der Waals surface area contributed by atoms with E-state index in [4.69, 9.17) is 0 Å². The van der Waals surface area contributed by atoms with Crippen molar-refractivity contribution in [3.8, 4) is 0 Å². The summed E-state index contributed by atoms with van der Waals surface area (Å²) >= 11 is 0. The molecule has 0 aliphatic rings. The monoisotopic (exact) mass is 397 g/mol. The van der Waals surface area contributed by atoms with Gasteiger partial charge in [-0.1, -0.05) is 30.3 Å². The smallest absolute Gasteiger partial charge is 0.255 e. The minimum absolute atomic E-state index is 0.113. The average molecular weight is 397 g/mol. The molecule has 144 valence electrons. The second kappa shape index (κ2) is 8.75. The van der Waals surface area contributed by atoms with E-state index in [-0.39, 0.29) is 18.3 Å². The highest BCUT2D eigenvalue weighted by atomic mass is 32.2. The molecule has 1 unspecified atom stereocenters. The van der Waals surface area contributed by atoms with Crippen molar-refractivity contribution in [1.29, 1.82) is 0 Å². The van der Waals surface area contributed by atoms with Crippen molar-refractivity contribution in [3.63, 3.8) is 0 Å². The van der Waals surface area contributed by atoms with Crippen LogP contribution in [-0.4, -0.2) is 27.0 Å². The Labute approximate surface area is 165 Å². The summed E-state index contributed by atoms with van der Waals surface area (Å²) < 4.78 is 29.6. The second-order valence-corrected chi connectivity index (χ2v) is 7.55. The molecule has 0 aliphatic heterocycles.